The maximum Gasteiger partial charge on any atom is 0 e. The van der Waals surface area contributed by atoms with Crippen molar-refractivity contribution in [3.8, 4) is 0 Å². The van der Waals surface area contributed by atoms with Gasteiger partial charge in [0.15, 0.2) is 0 Å². The molecule has 0 N–H and O–H groups in total. The molecule has 1 unspecified atom stereocenters. The van der Waals surface area contributed by atoms with E-state index in [9.17, 15) is 4.79 Å². The molecule has 0 saturated heterocycles. The van der Waals surface area contributed by atoms with Crippen molar-refractivity contribution in [2.75, 3.05) is 0 Å². The summed E-state index contributed by atoms with van der Waals surface area (Å²) in [4.78, 5) is 10.4. The van der Waals surface area contributed by atoms with E-state index in [1.165, 1.54) is 0 Å². The molecule has 10 heavy (non-hydrogen) atoms. The second-order valence-electron chi connectivity index (χ2n) is 2.22. The summed E-state index contributed by atoms with van der Waals surface area (Å²) in [5.41, 5.74) is 0. The van der Waals surface area contributed by atoms with Crippen molar-refractivity contribution in [1.29, 1.82) is 0 Å². The summed E-state index contributed by atoms with van der Waals surface area (Å²) in [6.07, 6.45) is 3.56. The van der Waals surface area contributed by atoms with Gasteiger partial charge >= 0.3 is 0 Å². The average Bonchev–Trinajstić information content (AvgIpc) is 1.87. The number of carbonyl (C=O) groups is 1. The largest absolute Gasteiger partial charge is 0.334 e. The molecule has 1 atom stereocenters. The van der Waals surface area contributed by atoms with E-state index in [1.807, 2.05) is 0 Å². The van der Waals surface area contributed by atoms with Gasteiger partial charge in [0, 0.05) is 98.1 Å². The predicted octanol–water partition coefficient (Wildman–Crippen LogP) is 1.18. The molecule has 0 aliphatic heterocycles. The molecule has 0 aromatic heterocycles. The van der Waals surface area contributed by atoms with Crippen molar-refractivity contribution in [1.82, 2.24) is 0 Å². The standard InChI is InChI=1S/C6H9O.3Y/c1-5-2-3-6(7)4-5;;;/h3,5H,2,4H2,1H3;;;/q-1;;;. The molecule has 3 radical (unpaired) electrons. The molecule has 1 saturated carbocycles. The van der Waals surface area contributed by atoms with Gasteiger partial charge in [0.1, 0.15) is 0 Å². The third-order valence-electron chi connectivity index (χ3n) is 1.30. The molecule has 1 rings (SSSR count). The minimum absolute atomic E-state index is 0. The van der Waals surface area contributed by atoms with Crippen molar-refractivity contribution in [3.63, 3.8) is 0 Å². The fraction of sp³-hybridized carbons (Fsp3) is 0.667. The van der Waals surface area contributed by atoms with Crippen LogP contribution in [0.5, 0.6) is 0 Å². The molecule has 0 heterocycles. The van der Waals surface area contributed by atoms with Gasteiger partial charge < -0.3 is 11.2 Å². The first-order chi connectivity index (χ1) is 3.29. The molecule has 0 aromatic rings. The minimum atomic E-state index is 0. The third-order valence-corrected chi connectivity index (χ3v) is 1.30. The maximum absolute atomic E-state index is 10.4. The van der Waals surface area contributed by atoms with Crippen molar-refractivity contribution in [2.24, 2.45) is 5.92 Å². The monoisotopic (exact) mass is 364 g/mol. The van der Waals surface area contributed by atoms with Gasteiger partial charge in [0.25, 0.3) is 0 Å². The van der Waals surface area contributed by atoms with Crippen LogP contribution in [-0.2, 0) is 103 Å². The van der Waals surface area contributed by atoms with E-state index in [-0.39, 0.29) is 98.1 Å². The van der Waals surface area contributed by atoms with Gasteiger partial charge in [-0.2, -0.15) is 6.42 Å². The van der Waals surface area contributed by atoms with Gasteiger partial charge in [-0.3, -0.25) is 0 Å². The zero-order chi connectivity index (χ0) is 5.28. The molecule has 0 bridgehead atoms. The van der Waals surface area contributed by atoms with Gasteiger partial charge in [-0.25, -0.2) is 0 Å². The number of carbonyl (C=O) groups excluding carboxylic acids is 1. The van der Waals surface area contributed by atoms with Crippen molar-refractivity contribution in [3.05, 3.63) is 6.42 Å². The van der Waals surface area contributed by atoms with E-state index < -0.39 is 0 Å². The molecule has 1 aliphatic rings. The summed E-state index contributed by atoms with van der Waals surface area (Å²) >= 11 is 0. The molecule has 4 heteroatoms. The van der Waals surface area contributed by atoms with E-state index in [4.69, 9.17) is 0 Å². The Morgan fingerprint density at radius 2 is 1.90 bits per heavy atom. The second kappa shape index (κ2) is 9.94. The minimum Gasteiger partial charge on any atom is -0.334 e. The van der Waals surface area contributed by atoms with E-state index in [1.54, 1.807) is 6.42 Å². The summed E-state index contributed by atoms with van der Waals surface area (Å²) in [6.45, 7) is 2.10. The zero-order valence-corrected chi connectivity index (χ0v) is 14.7. The number of Topliss-reactive ketones (excluding diaryl/α,β-unsaturated/α-hetero) is 1. The molecular weight excluding hydrogens is 355 g/mol. The van der Waals surface area contributed by atoms with E-state index in [2.05, 4.69) is 6.92 Å². The summed E-state index contributed by atoms with van der Waals surface area (Å²) in [7, 11) is 0. The normalized spacial score (nSPS) is 21.3. The summed E-state index contributed by atoms with van der Waals surface area (Å²) < 4.78 is 0. The molecule has 0 spiro atoms. The molecular formula is C6H9OY3-. The Kier molecular flexibility index (Phi) is 18.5. The molecule has 49 valence electrons. The Morgan fingerprint density at radius 1 is 1.40 bits per heavy atom. The molecule has 0 amide bonds. The maximum atomic E-state index is 10.4. The Morgan fingerprint density at radius 3 is 2.00 bits per heavy atom. The van der Waals surface area contributed by atoms with E-state index >= 15 is 0 Å². The van der Waals surface area contributed by atoms with Crippen LogP contribution in [0.2, 0.25) is 0 Å². The van der Waals surface area contributed by atoms with Gasteiger partial charge in [-0.05, 0) is 12.2 Å². The molecule has 0 aromatic carbocycles. The second-order valence-corrected chi connectivity index (χ2v) is 2.22. The van der Waals surface area contributed by atoms with Crippen LogP contribution in [0, 0.1) is 12.3 Å². The summed E-state index contributed by atoms with van der Waals surface area (Å²) in [5, 5.41) is 0. The van der Waals surface area contributed by atoms with Crippen LogP contribution in [0.3, 0.4) is 0 Å². The quantitative estimate of drug-likeness (QED) is 0.591. The Bertz CT molecular complexity index is 95.0. The van der Waals surface area contributed by atoms with Crippen LogP contribution in [-0.4, -0.2) is 5.78 Å². The Hall–Kier alpha value is 2.85. The fourth-order valence-corrected chi connectivity index (χ4v) is 0.843. The smallest absolute Gasteiger partial charge is 0 e. The van der Waals surface area contributed by atoms with Crippen LogP contribution in [0.1, 0.15) is 19.8 Å². The zero-order valence-electron chi connectivity index (χ0n) is 6.21. The average molecular weight is 364 g/mol. The first kappa shape index (κ1) is 18.6. The number of ketones is 1. The van der Waals surface area contributed by atoms with Crippen LogP contribution in [0.25, 0.3) is 0 Å². The fourth-order valence-electron chi connectivity index (χ4n) is 0.843. The molecule has 1 aliphatic carbocycles. The van der Waals surface area contributed by atoms with Gasteiger partial charge in [-0.1, -0.05) is 12.8 Å². The first-order valence-electron chi connectivity index (χ1n) is 2.65. The Labute approximate surface area is 138 Å². The van der Waals surface area contributed by atoms with Crippen LogP contribution < -0.4 is 0 Å². The van der Waals surface area contributed by atoms with Gasteiger partial charge in [-0.15, -0.1) is 0 Å². The summed E-state index contributed by atoms with van der Waals surface area (Å²) in [6, 6.07) is 0. The number of rotatable bonds is 0. The summed E-state index contributed by atoms with van der Waals surface area (Å²) in [5.74, 6) is 0.944. The first-order valence-corrected chi connectivity index (χ1v) is 2.65. The number of hydrogen-bond acceptors (Lipinski definition) is 1. The van der Waals surface area contributed by atoms with Crippen LogP contribution >= 0.6 is 0 Å². The molecule has 1 nitrogen and oxygen atoms in total. The third kappa shape index (κ3) is 7.50. The van der Waals surface area contributed by atoms with Gasteiger partial charge in [0.05, 0.1) is 0 Å². The number of hydrogen-bond donors (Lipinski definition) is 0. The van der Waals surface area contributed by atoms with E-state index in [0.717, 1.165) is 12.8 Å². The Balaban J connectivity index is -0.000000163. The predicted molar refractivity (Wildman–Crippen MR) is 27.7 cm³/mol. The van der Waals surface area contributed by atoms with E-state index in [0.29, 0.717) is 11.7 Å². The van der Waals surface area contributed by atoms with Crippen molar-refractivity contribution >= 4 is 5.78 Å². The van der Waals surface area contributed by atoms with Gasteiger partial charge in [0.2, 0.25) is 0 Å². The topological polar surface area (TPSA) is 17.1 Å². The van der Waals surface area contributed by atoms with Crippen molar-refractivity contribution < 1.29 is 103 Å². The molecule has 1 fully saturated rings. The van der Waals surface area contributed by atoms with Crippen LogP contribution in [0.4, 0.5) is 0 Å². The van der Waals surface area contributed by atoms with Crippen molar-refractivity contribution in [2.45, 2.75) is 19.8 Å². The van der Waals surface area contributed by atoms with Crippen LogP contribution in [0.15, 0.2) is 0 Å². The SMILES string of the molecule is CC1C[CH-]C(=O)C1.[Y].[Y].[Y].